The minimum absolute atomic E-state index is 0.0711. The lowest BCUT2D eigenvalue weighted by molar-refractivity contribution is -0.385. The monoisotopic (exact) mass is 427 g/mol. The maximum atomic E-state index is 12.9. The van der Waals surface area contributed by atoms with Gasteiger partial charge in [-0.05, 0) is 36.4 Å². The lowest BCUT2D eigenvalue weighted by atomic mass is 10.3. The van der Waals surface area contributed by atoms with E-state index in [9.17, 15) is 18.5 Å². The highest BCUT2D eigenvalue weighted by molar-refractivity contribution is 7.92. The third kappa shape index (κ3) is 5.08. The van der Waals surface area contributed by atoms with Crippen molar-refractivity contribution < 1.29 is 18.1 Å². The predicted octanol–water partition coefficient (Wildman–Crippen LogP) is 3.25. The van der Waals surface area contributed by atoms with Gasteiger partial charge < -0.3 is 4.74 Å². The molecule has 0 radical (unpaired) electrons. The van der Waals surface area contributed by atoms with E-state index >= 15 is 0 Å². The summed E-state index contributed by atoms with van der Waals surface area (Å²) < 4.78 is 33.3. The SMILES string of the molecule is COc1ccc(NS(=O)(=O)c2cc([N+](=O)[O-])ccc2N/N=C/c2cccnc2)cc1. The molecule has 0 aliphatic rings. The zero-order valence-electron chi connectivity index (χ0n) is 15.7. The zero-order valence-corrected chi connectivity index (χ0v) is 16.5. The molecule has 0 fully saturated rings. The Morgan fingerprint density at radius 2 is 1.93 bits per heavy atom. The Bertz CT molecular complexity index is 1170. The van der Waals surface area contributed by atoms with Crippen molar-refractivity contribution in [2.24, 2.45) is 5.10 Å². The van der Waals surface area contributed by atoms with E-state index in [1.54, 1.807) is 36.7 Å². The third-order valence-corrected chi connectivity index (χ3v) is 5.31. The highest BCUT2D eigenvalue weighted by atomic mass is 32.2. The molecule has 1 aromatic heterocycles. The second-order valence-corrected chi connectivity index (χ2v) is 7.58. The van der Waals surface area contributed by atoms with Gasteiger partial charge in [0.25, 0.3) is 15.7 Å². The largest absolute Gasteiger partial charge is 0.497 e. The van der Waals surface area contributed by atoms with Crippen molar-refractivity contribution in [2.45, 2.75) is 4.90 Å². The minimum atomic E-state index is -4.16. The van der Waals surface area contributed by atoms with Crippen LogP contribution < -0.4 is 14.9 Å². The molecule has 0 saturated carbocycles. The standard InChI is InChI=1S/C19H17N5O5S/c1-29-17-7-4-15(5-8-17)23-30(27,28)19-11-16(24(25)26)6-9-18(19)22-21-13-14-3-2-10-20-12-14/h2-13,22-23H,1H3/b21-13+. The first-order valence-corrected chi connectivity index (χ1v) is 10.0. The number of ether oxygens (including phenoxy) is 1. The van der Waals surface area contributed by atoms with Crippen LogP contribution >= 0.6 is 0 Å². The summed E-state index contributed by atoms with van der Waals surface area (Å²) in [4.78, 5) is 14.1. The van der Waals surface area contributed by atoms with Gasteiger partial charge in [-0.2, -0.15) is 5.10 Å². The van der Waals surface area contributed by atoms with Crippen LogP contribution in [0, 0.1) is 10.1 Å². The van der Waals surface area contributed by atoms with Gasteiger partial charge in [-0.25, -0.2) is 8.42 Å². The molecule has 3 rings (SSSR count). The van der Waals surface area contributed by atoms with Gasteiger partial charge in [-0.1, -0.05) is 6.07 Å². The Labute approximate surface area is 172 Å². The summed E-state index contributed by atoms with van der Waals surface area (Å²) in [6.45, 7) is 0. The molecule has 0 spiro atoms. The summed E-state index contributed by atoms with van der Waals surface area (Å²) in [5.74, 6) is 0.556. The molecule has 3 aromatic rings. The fourth-order valence-electron chi connectivity index (χ4n) is 2.44. The van der Waals surface area contributed by atoms with Gasteiger partial charge in [0, 0.05) is 35.8 Å². The number of nitro groups is 1. The van der Waals surface area contributed by atoms with E-state index in [2.05, 4.69) is 20.2 Å². The Balaban J connectivity index is 1.92. The Kier molecular flexibility index (Phi) is 6.23. The molecule has 0 saturated heterocycles. The van der Waals surface area contributed by atoms with Gasteiger partial charge in [0.05, 0.1) is 23.9 Å². The molecule has 154 valence electrons. The number of nitrogens with one attached hydrogen (secondary N) is 2. The highest BCUT2D eigenvalue weighted by Crippen LogP contribution is 2.28. The number of benzene rings is 2. The quantitative estimate of drug-likeness (QED) is 0.320. The molecule has 2 aromatic carbocycles. The average molecular weight is 427 g/mol. The summed E-state index contributed by atoms with van der Waals surface area (Å²) >= 11 is 0. The zero-order chi connectivity index (χ0) is 21.6. The number of nitrogens with zero attached hydrogens (tertiary/aromatic N) is 3. The van der Waals surface area contributed by atoms with Gasteiger partial charge in [-0.15, -0.1) is 0 Å². The molecular weight excluding hydrogens is 410 g/mol. The van der Waals surface area contributed by atoms with Crippen LogP contribution in [-0.2, 0) is 10.0 Å². The lowest BCUT2D eigenvalue weighted by Crippen LogP contribution is -2.15. The summed E-state index contributed by atoms with van der Waals surface area (Å²) in [5.41, 5.74) is 3.28. The molecule has 11 heteroatoms. The number of non-ortho nitro benzene ring substituents is 1. The number of methoxy groups -OCH3 is 1. The number of hydrogen-bond donors (Lipinski definition) is 2. The summed E-state index contributed by atoms with van der Waals surface area (Å²) in [7, 11) is -2.67. The van der Waals surface area contributed by atoms with Crippen molar-refractivity contribution in [1.82, 2.24) is 4.98 Å². The number of hydrogen-bond acceptors (Lipinski definition) is 8. The molecule has 0 aliphatic carbocycles. The molecule has 2 N–H and O–H groups in total. The molecule has 0 atom stereocenters. The topological polar surface area (TPSA) is 136 Å². The Morgan fingerprint density at radius 1 is 1.17 bits per heavy atom. The maximum absolute atomic E-state index is 12.9. The number of pyridine rings is 1. The predicted molar refractivity (Wildman–Crippen MR) is 112 cm³/mol. The van der Waals surface area contributed by atoms with Gasteiger partial charge in [-0.3, -0.25) is 25.2 Å². The average Bonchev–Trinajstić information content (AvgIpc) is 2.75. The maximum Gasteiger partial charge on any atom is 0.270 e. The van der Waals surface area contributed by atoms with E-state index in [4.69, 9.17) is 4.74 Å². The van der Waals surface area contributed by atoms with Crippen molar-refractivity contribution in [3.63, 3.8) is 0 Å². The second kappa shape index (κ2) is 9.01. The highest BCUT2D eigenvalue weighted by Gasteiger charge is 2.22. The number of sulfonamides is 1. The van der Waals surface area contributed by atoms with Crippen molar-refractivity contribution >= 4 is 33.3 Å². The molecular formula is C19H17N5O5S. The molecule has 1 heterocycles. The number of rotatable bonds is 8. The van der Waals surface area contributed by atoms with Crippen molar-refractivity contribution in [2.75, 3.05) is 17.3 Å². The molecule has 0 amide bonds. The molecule has 30 heavy (non-hydrogen) atoms. The van der Waals surface area contributed by atoms with Crippen molar-refractivity contribution in [1.29, 1.82) is 0 Å². The molecule has 0 unspecified atom stereocenters. The lowest BCUT2D eigenvalue weighted by Gasteiger charge is -2.12. The minimum Gasteiger partial charge on any atom is -0.497 e. The van der Waals surface area contributed by atoms with E-state index in [1.807, 2.05) is 0 Å². The van der Waals surface area contributed by atoms with Gasteiger partial charge >= 0.3 is 0 Å². The van der Waals surface area contributed by atoms with Gasteiger partial charge in [0.2, 0.25) is 0 Å². The number of anilines is 2. The van der Waals surface area contributed by atoms with Crippen molar-refractivity contribution in [3.8, 4) is 5.75 Å². The first kappa shape index (κ1) is 20.7. The fraction of sp³-hybridized carbons (Fsp3) is 0.0526. The normalized spacial score (nSPS) is 11.2. The van der Waals surface area contributed by atoms with Crippen LogP contribution in [0.4, 0.5) is 17.1 Å². The first-order chi connectivity index (χ1) is 14.4. The summed E-state index contributed by atoms with van der Waals surface area (Å²) in [6.07, 6.45) is 4.63. The molecule has 10 nitrogen and oxygen atoms in total. The van der Waals surface area contributed by atoms with E-state index in [0.29, 0.717) is 11.3 Å². The van der Waals surface area contributed by atoms with Gasteiger partial charge in [0.1, 0.15) is 10.6 Å². The Morgan fingerprint density at radius 3 is 2.57 bits per heavy atom. The van der Waals surface area contributed by atoms with Crippen LogP contribution in [0.5, 0.6) is 5.75 Å². The van der Waals surface area contributed by atoms with Gasteiger partial charge in [0.15, 0.2) is 0 Å². The number of hydrazone groups is 1. The first-order valence-electron chi connectivity index (χ1n) is 8.53. The van der Waals surface area contributed by atoms with E-state index in [0.717, 1.165) is 6.07 Å². The van der Waals surface area contributed by atoms with E-state index in [1.165, 1.54) is 37.6 Å². The number of aromatic nitrogens is 1. The van der Waals surface area contributed by atoms with E-state index < -0.39 is 14.9 Å². The van der Waals surface area contributed by atoms with Crippen LogP contribution in [-0.4, -0.2) is 31.6 Å². The van der Waals surface area contributed by atoms with Crippen LogP contribution in [0.3, 0.4) is 0 Å². The smallest absolute Gasteiger partial charge is 0.270 e. The summed E-state index contributed by atoms with van der Waals surface area (Å²) in [6, 6.07) is 13.1. The fourth-order valence-corrected chi connectivity index (χ4v) is 3.67. The van der Waals surface area contributed by atoms with E-state index in [-0.39, 0.29) is 22.0 Å². The number of nitro benzene ring substituents is 1. The third-order valence-electron chi connectivity index (χ3n) is 3.89. The van der Waals surface area contributed by atoms with Crippen LogP contribution in [0.15, 0.2) is 77.0 Å². The van der Waals surface area contributed by atoms with Crippen molar-refractivity contribution in [3.05, 3.63) is 82.7 Å². The van der Waals surface area contributed by atoms with Crippen LogP contribution in [0.2, 0.25) is 0 Å². The molecule has 0 aliphatic heterocycles. The Hall–Kier alpha value is -3.99. The second-order valence-electron chi connectivity index (χ2n) is 5.93. The summed E-state index contributed by atoms with van der Waals surface area (Å²) in [5, 5.41) is 15.1. The molecule has 0 bridgehead atoms. The van der Waals surface area contributed by atoms with Crippen LogP contribution in [0.1, 0.15) is 5.56 Å². The van der Waals surface area contributed by atoms with Crippen LogP contribution in [0.25, 0.3) is 0 Å².